The number of amides is 5. The summed E-state index contributed by atoms with van der Waals surface area (Å²) in [4.78, 5) is 105. The van der Waals surface area contributed by atoms with Crippen LogP contribution >= 0.6 is 0 Å². The highest BCUT2D eigenvalue weighted by atomic mass is 16.6. The van der Waals surface area contributed by atoms with Crippen molar-refractivity contribution in [2.45, 2.75) is 137 Å². The monoisotopic (exact) mass is 823 g/mol. The highest BCUT2D eigenvalue weighted by Gasteiger charge is 2.42. The number of ether oxygens (including phenoxy) is 1. The number of hydrogen-bond donors (Lipinski definition) is 4. The smallest absolute Gasteiger partial charge is 0.338 e. The lowest BCUT2D eigenvalue weighted by atomic mass is 9.76. The maximum absolute atomic E-state index is 14.3. The Balaban J connectivity index is 2.19. The average molecular weight is 824 g/mol. The number of esters is 1. The van der Waals surface area contributed by atoms with E-state index in [0.29, 0.717) is 5.56 Å². The number of carboxylic acid groups (broad SMARTS) is 1. The fourth-order valence-corrected chi connectivity index (χ4v) is 6.71. The van der Waals surface area contributed by atoms with Crippen LogP contribution in [0.3, 0.4) is 0 Å². The molecule has 1 aliphatic heterocycles. The van der Waals surface area contributed by atoms with Crippen LogP contribution in [0.4, 0.5) is 0 Å². The highest BCUT2D eigenvalue weighted by Crippen LogP contribution is 2.30. The minimum atomic E-state index is -1.37. The fourth-order valence-electron chi connectivity index (χ4n) is 6.71. The van der Waals surface area contributed by atoms with E-state index in [1.54, 1.807) is 65.2 Å². The highest BCUT2D eigenvalue weighted by molar-refractivity contribution is 6.12. The topological polar surface area (TPSA) is 209 Å². The minimum Gasteiger partial charge on any atom is -0.480 e. The molecule has 0 unspecified atom stereocenters. The van der Waals surface area contributed by atoms with Crippen molar-refractivity contribution < 1.29 is 48.2 Å². The molecule has 0 aliphatic carbocycles. The summed E-state index contributed by atoms with van der Waals surface area (Å²) in [5.41, 5.74) is -0.901. The van der Waals surface area contributed by atoms with Crippen molar-refractivity contribution in [2.24, 2.45) is 11.3 Å². The van der Waals surface area contributed by atoms with E-state index in [9.17, 15) is 43.5 Å². The van der Waals surface area contributed by atoms with Gasteiger partial charge in [0, 0.05) is 49.6 Å². The van der Waals surface area contributed by atoms with Crippen molar-refractivity contribution in [1.82, 2.24) is 25.8 Å². The second-order valence-electron chi connectivity index (χ2n) is 18.1. The number of aliphatic carboxylic acids is 1. The van der Waals surface area contributed by atoms with Crippen LogP contribution in [-0.4, -0.2) is 113 Å². The van der Waals surface area contributed by atoms with Crippen molar-refractivity contribution in [3.8, 4) is 0 Å². The van der Waals surface area contributed by atoms with E-state index >= 15 is 0 Å². The van der Waals surface area contributed by atoms with Gasteiger partial charge in [-0.1, -0.05) is 66.7 Å². The van der Waals surface area contributed by atoms with Gasteiger partial charge in [-0.2, -0.15) is 0 Å². The maximum Gasteiger partial charge on any atom is 0.338 e. The van der Waals surface area contributed by atoms with Gasteiger partial charge in [-0.15, -0.1) is 0 Å². The molecule has 0 radical (unpaired) electrons. The summed E-state index contributed by atoms with van der Waals surface area (Å²) in [5.74, 6) is -4.67. The number of carbonyl (C=O) groups is 8. The zero-order chi connectivity index (χ0) is 45.2. The van der Waals surface area contributed by atoms with Gasteiger partial charge in [0.25, 0.3) is 11.8 Å². The van der Waals surface area contributed by atoms with E-state index in [1.165, 1.54) is 11.8 Å². The Labute approximate surface area is 348 Å². The van der Waals surface area contributed by atoms with Crippen LogP contribution in [0.15, 0.2) is 48.1 Å². The van der Waals surface area contributed by atoms with Crippen LogP contribution in [-0.2, 0) is 43.7 Å². The molecule has 2 rings (SSSR count). The SMILES string of the molecule is CN[C@H](C(=O)N[C@H](C(=O)N(C)[C@H](/C=C(\C)C(=O)N[C@H](CCC(=O)CCCN1C(=O)C=CC1=O)C(=O)O)C(C)C)C(C)(C)C)C(C)(C)c1ccc(C(=O)OC(C)(C)C)cc1. The molecule has 0 saturated carbocycles. The lowest BCUT2D eigenvalue weighted by Gasteiger charge is -2.40. The number of benzene rings is 1. The third kappa shape index (κ3) is 14.3. The van der Waals surface area contributed by atoms with Crippen LogP contribution < -0.4 is 16.0 Å². The van der Waals surface area contributed by atoms with Gasteiger partial charge in [-0.3, -0.25) is 33.7 Å². The molecule has 0 bridgehead atoms. The van der Waals surface area contributed by atoms with Crippen LogP contribution in [0.5, 0.6) is 0 Å². The zero-order valence-electron chi connectivity index (χ0n) is 37.0. The number of nitrogens with zero attached hydrogens (tertiary/aromatic N) is 2. The summed E-state index contributed by atoms with van der Waals surface area (Å²) in [6.07, 6.45) is 3.85. The molecule has 0 aromatic heterocycles. The fraction of sp³-hybridized carbons (Fsp3) is 0.591. The Morgan fingerprint density at radius 2 is 1.42 bits per heavy atom. The van der Waals surface area contributed by atoms with Crippen LogP contribution in [0.25, 0.3) is 0 Å². The summed E-state index contributed by atoms with van der Waals surface area (Å²) in [6.45, 7) is 20.0. The second-order valence-corrected chi connectivity index (χ2v) is 18.1. The lowest BCUT2D eigenvalue weighted by molar-refractivity contribution is -0.142. The summed E-state index contributed by atoms with van der Waals surface area (Å²) in [7, 11) is 3.24. The molecule has 0 fully saturated rings. The van der Waals surface area contributed by atoms with Gasteiger partial charge in [0.1, 0.15) is 23.5 Å². The molecule has 4 atom stereocenters. The number of nitrogens with one attached hydrogen (secondary N) is 3. The van der Waals surface area contributed by atoms with Crippen LogP contribution in [0, 0.1) is 11.3 Å². The first-order chi connectivity index (χ1) is 27.1. The quantitative estimate of drug-likeness (QED) is 0.0837. The van der Waals surface area contributed by atoms with E-state index in [1.807, 2.05) is 48.5 Å². The van der Waals surface area contributed by atoms with Gasteiger partial charge < -0.3 is 30.7 Å². The summed E-state index contributed by atoms with van der Waals surface area (Å²) in [6, 6.07) is 3.07. The van der Waals surface area contributed by atoms with Gasteiger partial charge >= 0.3 is 11.9 Å². The molecule has 15 nitrogen and oxygen atoms in total. The summed E-state index contributed by atoms with van der Waals surface area (Å²) >= 11 is 0. The van der Waals surface area contributed by atoms with Crippen LogP contribution in [0.1, 0.15) is 118 Å². The molecule has 59 heavy (non-hydrogen) atoms. The lowest BCUT2D eigenvalue weighted by Crippen LogP contribution is -2.61. The number of ketones is 1. The van der Waals surface area contributed by atoms with E-state index in [0.717, 1.165) is 22.6 Å². The molecule has 5 amide bonds. The van der Waals surface area contributed by atoms with E-state index < -0.39 is 82.1 Å². The third-order valence-corrected chi connectivity index (χ3v) is 10.2. The molecule has 1 aliphatic rings. The Kier molecular flexibility index (Phi) is 17.5. The zero-order valence-corrected chi connectivity index (χ0v) is 37.0. The maximum atomic E-state index is 14.3. The van der Waals surface area contributed by atoms with Crippen molar-refractivity contribution in [3.05, 3.63) is 59.2 Å². The predicted octanol–water partition coefficient (Wildman–Crippen LogP) is 4.09. The van der Waals surface area contributed by atoms with Crippen molar-refractivity contribution in [1.29, 1.82) is 0 Å². The van der Waals surface area contributed by atoms with Gasteiger partial charge in [0.2, 0.25) is 17.7 Å². The number of carbonyl (C=O) groups excluding carboxylic acids is 7. The second kappa shape index (κ2) is 20.7. The molecule has 1 heterocycles. The first-order valence-corrected chi connectivity index (χ1v) is 20.0. The summed E-state index contributed by atoms with van der Waals surface area (Å²) < 4.78 is 5.48. The van der Waals surface area contributed by atoms with Gasteiger partial charge in [0.15, 0.2) is 0 Å². The normalized spacial score (nSPS) is 15.7. The molecule has 1 aromatic carbocycles. The van der Waals surface area contributed by atoms with Crippen molar-refractivity contribution in [3.63, 3.8) is 0 Å². The minimum absolute atomic E-state index is 0.0290. The van der Waals surface area contributed by atoms with Gasteiger partial charge in [-0.25, -0.2) is 9.59 Å². The summed E-state index contributed by atoms with van der Waals surface area (Å²) in [5, 5.41) is 18.4. The molecule has 326 valence electrons. The molecule has 0 spiro atoms. The molecule has 1 aromatic rings. The molecule has 15 heteroatoms. The predicted molar refractivity (Wildman–Crippen MR) is 223 cm³/mol. The number of rotatable bonds is 20. The number of carboxylic acids is 1. The Morgan fingerprint density at radius 1 is 0.864 bits per heavy atom. The van der Waals surface area contributed by atoms with Crippen molar-refractivity contribution in [2.75, 3.05) is 20.6 Å². The molecule has 4 N–H and O–H groups in total. The number of likely N-dealkylation sites (N-methyl/N-ethyl adjacent to an activating group) is 2. The van der Waals surface area contributed by atoms with Gasteiger partial charge in [0.05, 0.1) is 17.6 Å². The van der Waals surface area contributed by atoms with Crippen LogP contribution in [0.2, 0.25) is 0 Å². The van der Waals surface area contributed by atoms with Crippen molar-refractivity contribution >= 4 is 47.3 Å². The van der Waals surface area contributed by atoms with E-state index in [4.69, 9.17) is 4.74 Å². The molecular formula is C44H65N5O10. The van der Waals surface area contributed by atoms with E-state index in [2.05, 4.69) is 16.0 Å². The average Bonchev–Trinajstić information content (AvgIpc) is 3.44. The Bertz CT molecular complexity index is 1780. The van der Waals surface area contributed by atoms with E-state index in [-0.39, 0.29) is 49.5 Å². The third-order valence-electron chi connectivity index (χ3n) is 10.2. The van der Waals surface area contributed by atoms with Gasteiger partial charge in [-0.05, 0) is 76.6 Å². The number of Topliss-reactive ketones (excluding diaryl/α,β-unsaturated/α-hetero) is 1. The first kappa shape index (κ1) is 50.0. The molecular weight excluding hydrogens is 759 g/mol. The standard InChI is InChI=1S/C44H65N5O10/c1-26(2)32(25-27(3)37(53)46-31(40(56)57)21-20-30(50)15-14-24-49-33(51)22-23-34(49)52)48(13)39(55)36(42(4,5)6)47-38(54)35(45-12)44(10,11)29-18-16-28(17-19-29)41(58)59-43(7,8)9/h16-19,22-23,25-26,31-32,35-36,45H,14-15,20-21,24H2,1-13H3,(H,46,53)(H,47,54)(H,56,57)/b27-25+/t31-,32-,35-,36-/m1/s1. The first-order valence-electron chi connectivity index (χ1n) is 20.0. The number of hydrogen-bond acceptors (Lipinski definition) is 10. The Morgan fingerprint density at radius 3 is 1.90 bits per heavy atom. The number of imide groups is 1. The largest absolute Gasteiger partial charge is 0.480 e. The Hall–Kier alpha value is -5.18. The molecule has 0 saturated heterocycles.